The van der Waals surface area contributed by atoms with Crippen LogP contribution >= 0.6 is 0 Å². The molecule has 5 nitrogen and oxygen atoms in total. The molecule has 2 aromatic carbocycles. The molecular weight excluding hydrogens is 340 g/mol. The third-order valence-corrected chi connectivity index (χ3v) is 5.26. The predicted octanol–water partition coefficient (Wildman–Crippen LogP) is 2.77. The number of benzene rings is 2. The van der Waals surface area contributed by atoms with Crippen LogP contribution in [0.4, 0.5) is 0 Å². The minimum Gasteiger partial charge on any atom is -0.497 e. The van der Waals surface area contributed by atoms with Crippen molar-refractivity contribution in [2.75, 3.05) is 40.5 Å². The number of ether oxygens (including phenoxy) is 2. The summed E-state index contributed by atoms with van der Waals surface area (Å²) in [6, 6.07) is 16.8. The van der Waals surface area contributed by atoms with Crippen LogP contribution < -0.4 is 9.47 Å². The van der Waals surface area contributed by atoms with Crippen LogP contribution in [0.15, 0.2) is 48.5 Å². The van der Waals surface area contributed by atoms with Gasteiger partial charge in [0.1, 0.15) is 11.5 Å². The predicted molar refractivity (Wildman–Crippen MR) is 107 cm³/mol. The van der Waals surface area contributed by atoms with Gasteiger partial charge in [-0.3, -0.25) is 9.80 Å². The quantitative estimate of drug-likeness (QED) is 0.774. The first-order chi connectivity index (χ1) is 13.2. The van der Waals surface area contributed by atoms with Gasteiger partial charge in [0.05, 0.1) is 14.2 Å². The monoisotopic (exact) mass is 370 g/mol. The molecule has 1 atom stereocenters. The molecule has 0 radical (unpaired) electrons. The number of para-hydroxylation sites is 1. The number of aliphatic hydroxyl groups is 1. The van der Waals surface area contributed by atoms with Gasteiger partial charge < -0.3 is 14.6 Å². The van der Waals surface area contributed by atoms with Crippen molar-refractivity contribution in [2.45, 2.75) is 25.6 Å². The lowest BCUT2D eigenvalue weighted by atomic mass is 10.1. The second-order valence-corrected chi connectivity index (χ2v) is 7.04. The number of nitrogens with zero attached hydrogens (tertiary/aromatic N) is 2. The van der Waals surface area contributed by atoms with Gasteiger partial charge in [-0.05, 0) is 30.2 Å². The molecule has 1 fully saturated rings. The molecule has 1 aliphatic heterocycles. The van der Waals surface area contributed by atoms with E-state index in [9.17, 15) is 5.11 Å². The molecule has 0 saturated carbocycles. The molecule has 3 rings (SSSR count). The number of hydrogen-bond donors (Lipinski definition) is 1. The summed E-state index contributed by atoms with van der Waals surface area (Å²) in [6.45, 7) is 4.90. The van der Waals surface area contributed by atoms with Crippen molar-refractivity contribution in [3.8, 4) is 11.5 Å². The Hall–Kier alpha value is -2.08. The maximum atomic E-state index is 9.56. The van der Waals surface area contributed by atoms with E-state index in [1.165, 1.54) is 11.1 Å². The molecule has 2 aromatic rings. The Morgan fingerprint density at radius 3 is 2.63 bits per heavy atom. The van der Waals surface area contributed by atoms with Crippen LogP contribution in [-0.4, -0.2) is 61.4 Å². The lowest BCUT2D eigenvalue weighted by Gasteiger charge is -2.41. The van der Waals surface area contributed by atoms with E-state index in [1.807, 2.05) is 24.3 Å². The van der Waals surface area contributed by atoms with E-state index in [0.717, 1.165) is 50.6 Å². The molecule has 1 aliphatic rings. The van der Waals surface area contributed by atoms with Gasteiger partial charge in [-0.1, -0.05) is 30.3 Å². The number of rotatable bonds is 8. The Bertz CT molecular complexity index is 722. The molecule has 0 spiro atoms. The van der Waals surface area contributed by atoms with Crippen molar-refractivity contribution in [3.63, 3.8) is 0 Å². The molecule has 27 heavy (non-hydrogen) atoms. The summed E-state index contributed by atoms with van der Waals surface area (Å²) >= 11 is 0. The van der Waals surface area contributed by atoms with Gasteiger partial charge in [0.15, 0.2) is 0 Å². The normalized spacial score (nSPS) is 18.4. The first kappa shape index (κ1) is 19.7. The van der Waals surface area contributed by atoms with Crippen molar-refractivity contribution in [1.29, 1.82) is 0 Å². The van der Waals surface area contributed by atoms with E-state index in [0.29, 0.717) is 6.04 Å². The van der Waals surface area contributed by atoms with E-state index in [2.05, 4.69) is 34.1 Å². The Kier molecular flexibility index (Phi) is 7.10. The molecular formula is C22H30N2O3. The number of piperazine rings is 1. The van der Waals surface area contributed by atoms with Crippen LogP contribution in [-0.2, 0) is 13.1 Å². The molecule has 0 aliphatic carbocycles. The molecule has 0 unspecified atom stereocenters. The molecule has 1 saturated heterocycles. The van der Waals surface area contributed by atoms with Gasteiger partial charge in [0.25, 0.3) is 0 Å². The SMILES string of the molecule is COc1cccc(CN2CCN(Cc3ccccc3OC)C[C@@H]2CCO)c1. The summed E-state index contributed by atoms with van der Waals surface area (Å²) in [4.78, 5) is 4.93. The summed E-state index contributed by atoms with van der Waals surface area (Å²) in [7, 11) is 3.42. The van der Waals surface area contributed by atoms with Crippen LogP contribution in [0.1, 0.15) is 17.5 Å². The highest BCUT2D eigenvalue weighted by Crippen LogP contribution is 2.23. The molecule has 5 heteroatoms. The van der Waals surface area contributed by atoms with E-state index >= 15 is 0 Å². The van der Waals surface area contributed by atoms with Gasteiger partial charge in [-0.15, -0.1) is 0 Å². The van der Waals surface area contributed by atoms with Gasteiger partial charge in [-0.25, -0.2) is 0 Å². The van der Waals surface area contributed by atoms with Crippen molar-refractivity contribution in [3.05, 3.63) is 59.7 Å². The minimum atomic E-state index is 0.210. The van der Waals surface area contributed by atoms with Crippen LogP contribution in [0, 0.1) is 0 Å². The summed E-state index contributed by atoms with van der Waals surface area (Å²) in [6.07, 6.45) is 0.784. The summed E-state index contributed by atoms with van der Waals surface area (Å²) in [5, 5.41) is 9.56. The van der Waals surface area contributed by atoms with Crippen LogP contribution in [0.3, 0.4) is 0 Å². The Balaban J connectivity index is 1.65. The standard InChI is InChI=1S/C22H30N2O3/c1-26-21-8-5-6-18(14-21)15-24-12-11-23(17-20(24)10-13-25)16-19-7-3-4-9-22(19)27-2/h3-9,14,20,25H,10-13,15-17H2,1-2H3/t20-/m0/s1. The fraction of sp³-hybridized carbons (Fsp3) is 0.455. The topological polar surface area (TPSA) is 45.2 Å². The average Bonchev–Trinajstić information content (AvgIpc) is 2.71. The summed E-state index contributed by atoms with van der Waals surface area (Å²) in [5.41, 5.74) is 2.46. The summed E-state index contributed by atoms with van der Waals surface area (Å²) in [5.74, 6) is 1.83. The van der Waals surface area contributed by atoms with Crippen molar-refractivity contribution >= 4 is 0 Å². The second-order valence-electron chi connectivity index (χ2n) is 7.04. The highest BCUT2D eigenvalue weighted by Gasteiger charge is 2.27. The zero-order valence-electron chi connectivity index (χ0n) is 16.3. The molecule has 146 valence electrons. The zero-order chi connectivity index (χ0) is 19.1. The van der Waals surface area contributed by atoms with E-state index < -0.39 is 0 Å². The first-order valence-corrected chi connectivity index (χ1v) is 9.55. The highest BCUT2D eigenvalue weighted by atomic mass is 16.5. The molecule has 0 amide bonds. The second kappa shape index (κ2) is 9.74. The fourth-order valence-corrected chi connectivity index (χ4v) is 3.81. The Morgan fingerprint density at radius 2 is 1.85 bits per heavy atom. The molecule has 1 N–H and O–H groups in total. The third-order valence-electron chi connectivity index (χ3n) is 5.26. The van der Waals surface area contributed by atoms with Crippen LogP contribution in [0.25, 0.3) is 0 Å². The molecule has 0 bridgehead atoms. The molecule has 1 heterocycles. The van der Waals surface area contributed by atoms with E-state index in [-0.39, 0.29) is 6.61 Å². The zero-order valence-corrected chi connectivity index (χ0v) is 16.3. The first-order valence-electron chi connectivity index (χ1n) is 9.55. The van der Waals surface area contributed by atoms with Crippen LogP contribution in [0.5, 0.6) is 11.5 Å². The smallest absolute Gasteiger partial charge is 0.123 e. The lowest BCUT2D eigenvalue weighted by molar-refractivity contribution is 0.0496. The van der Waals surface area contributed by atoms with E-state index in [1.54, 1.807) is 14.2 Å². The Labute approximate surface area is 162 Å². The number of aliphatic hydroxyl groups excluding tert-OH is 1. The fourth-order valence-electron chi connectivity index (χ4n) is 3.81. The Morgan fingerprint density at radius 1 is 1.00 bits per heavy atom. The van der Waals surface area contributed by atoms with Gasteiger partial charge in [-0.2, -0.15) is 0 Å². The maximum Gasteiger partial charge on any atom is 0.123 e. The van der Waals surface area contributed by atoms with Crippen molar-refractivity contribution in [1.82, 2.24) is 9.80 Å². The largest absolute Gasteiger partial charge is 0.497 e. The highest BCUT2D eigenvalue weighted by molar-refractivity contribution is 5.33. The maximum absolute atomic E-state index is 9.56. The molecule has 0 aromatic heterocycles. The minimum absolute atomic E-state index is 0.210. The van der Waals surface area contributed by atoms with Gasteiger partial charge in [0.2, 0.25) is 0 Å². The van der Waals surface area contributed by atoms with Crippen LogP contribution in [0.2, 0.25) is 0 Å². The number of hydrogen-bond acceptors (Lipinski definition) is 5. The third kappa shape index (κ3) is 5.22. The summed E-state index contributed by atoms with van der Waals surface area (Å²) < 4.78 is 10.8. The van der Waals surface area contributed by atoms with Gasteiger partial charge in [0, 0.05) is 50.9 Å². The van der Waals surface area contributed by atoms with Crippen molar-refractivity contribution in [2.24, 2.45) is 0 Å². The van der Waals surface area contributed by atoms with Crippen molar-refractivity contribution < 1.29 is 14.6 Å². The average molecular weight is 370 g/mol. The lowest BCUT2D eigenvalue weighted by Crippen LogP contribution is -2.52. The van der Waals surface area contributed by atoms with E-state index in [4.69, 9.17) is 9.47 Å². The van der Waals surface area contributed by atoms with Gasteiger partial charge >= 0.3 is 0 Å². The number of methoxy groups -OCH3 is 2.